The first-order valence-electron chi connectivity index (χ1n) is 0. The molecule has 0 saturated heterocycles. The van der Waals surface area contributed by atoms with Crippen LogP contribution in [-0.4, -0.2) is 0 Å². The molecule has 0 spiro atoms. The molecule has 0 bridgehead atoms. The Morgan fingerprint density at radius 1 is 0.400 bits per heavy atom. The fraction of sp³-hybridized carbons (Fsp3) is 0. The Morgan fingerprint density at radius 3 is 0.400 bits per heavy atom. The third kappa shape index (κ3) is 51.4. The molecule has 0 N–H and O–H groups in total. The summed E-state index contributed by atoms with van der Waals surface area (Å²) in [5.74, 6) is 0. The summed E-state index contributed by atoms with van der Waals surface area (Å²) >= 11 is 0. The molecule has 0 aliphatic heterocycles. The van der Waals surface area contributed by atoms with Crippen molar-refractivity contribution >= 4 is 0 Å². The molecule has 0 atom stereocenters. The van der Waals surface area contributed by atoms with Crippen molar-refractivity contribution in [2.45, 2.75) is 0 Å². The zero-order valence-electron chi connectivity index (χ0n) is 2.13. The molecule has 0 rings (SSSR count). The van der Waals surface area contributed by atoms with E-state index in [0.717, 1.165) is 0 Å². The van der Waals surface area contributed by atoms with Gasteiger partial charge in [-0.3, -0.25) is 0 Å². The zero-order valence-corrected chi connectivity index (χ0v) is 6.30. The van der Waals surface area contributed by atoms with Gasteiger partial charge in [-0.1, -0.05) is 0 Å². The maximum absolute atomic E-state index is 0. The van der Waals surface area contributed by atoms with E-state index in [1.165, 1.54) is 0 Å². The Kier molecular flexibility index (Phi) is 3300. The standard InChI is InChI=1S/4O.U/q4*-2;. The van der Waals surface area contributed by atoms with Crippen molar-refractivity contribution in [3.05, 3.63) is 0 Å². The average Bonchev–Trinajstić information content (AvgIpc) is 0. The van der Waals surface area contributed by atoms with E-state index in [1.807, 2.05) is 0 Å². The molecule has 4 nitrogen and oxygen atoms in total. The van der Waals surface area contributed by atoms with Gasteiger partial charge in [-0.15, -0.1) is 0 Å². The van der Waals surface area contributed by atoms with Crippen molar-refractivity contribution in [1.82, 2.24) is 0 Å². The van der Waals surface area contributed by atoms with Gasteiger partial charge >= 0.3 is 0 Å². The molecule has 0 aromatic heterocycles. The summed E-state index contributed by atoms with van der Waals surface area (Å²) < 4.78 is 0. The van der Waals surface area contributed by atoms with Crippen molar-refractivity contribution in [3.63, 3.8) is 0 Å². The molecule has 0 fully saturated rings. The summed E-state index contributed by atoms with van der Waals surface area (Å²) in [6.45, 7) is 0. The first-order valence-corrected chi connectivity index (χ1v) is 0. The summed E-state index contributed by atoms with van der Waals surface area (Å²) in [5.41, 5.74) is 0. The van der Waals surface area contributed by atoms with Crippen LogP contribution in [0.15, 0.2) is 0 Å². The molecule has 0 amide bonds. The van der Waals surface area contributed by atoms with Gasteiger partial charge in [-0.2, -0.15) is 0 Å². The molecule has 0 aliphatic carbocycles. The molecule has 5 heavy (non-hydrogen) atoms. The van der Waals surface area contributed by atoms with Gasteiger partial charge in [0.15, 0.2) is 0 Å². The molecule has 0 heterocycles. The van der Waals surface area contributed by atoms with E-state index < -0.39 is 0 Å². The Labute approximate surface area is 53.2 Å². The summed E-state index contributed by atoms with van der Waals surface area (Å²) in [7, 11) is 0. The second kappa shape index (κ2) is 93.1. The largest absolute Gasteiger partial charge is 2.00 e. The van der Waals surface area contributed by atoms with Gasteiger partial charge in [0.05, 0.1) is 0 Å². The van der Waals surface area contributed by atoms with Gasteiger partial charge in [0.1, 0.15) is 0 Å². The van der Waals surface area contributed by atoms with E-state index in [9.17, 15) is 0 Å². The summed E-state index contributed by atoms with van der Waals surface area (Å²) in [6, 6.07) is 0. The van der Waals surface area contributed by atoms with E-state index in [1.54, 1.807) is 0 Å². The van der Waals surface area contributed by atoms with Crippen molar-refractivity contribution in [1.29, 1.82) is 0 Å². The SMILES string of the molecule is [O-2].[O-2].[O-2].[O-2].[U]. The third-order valence-electron chi connectivity index (χ3n) is 0. The minimum atomic E-state index is 0. The molecule has 5 heteroatoms. The van der Waals surface area contributed by atoms with Crippen LogP contribution in [0.1, 0.15) is 0 Å². The van der Waals surface area contributed by atoms with Gasteiger partial charge in [-0.25, -0.2) is 0 Å². The van der Waals surface area contributed by atoms with Crippen LogP contribution in [-0.2, 0) is 21.9 Å². The summed E-state index contributed by atoms with van der Waals surface area (Å²) in [4.78, 5) is 0. The van der Waals surface area contributed by atoms with Crippen molar-refractivity contribution in [2.24, 2.45) is 0 Å². The predicted octanol–water partition coefficient (Wildman–Crippen LogP) is -0.475. The molecule has 0 aromatic rings. The molecule has 0 unspecified atom stereocenters. The van der Waals surface area contributed by atoms with Gasteiger partial charge in [0.2, 0.25) is 0 Å². The van der Waals surface area contributed by atoms with Gasteiger partial charge in [-0.05, 0) is 0 Å². The van der Waals surface area contributed by atoms with Gasteiger partial charge in [0.25, 0.3) is 0 Å². The van der Waals surface area contributed by atoms with Gasteiger partial charge in [0, 0.05) is 31.1 Å². The Morgan fingerprint density at radius 2 is 0.400 bits per heavy atom. The normalized spacial score (nSPS) is 0. The van der Waals surface area contributed by atoms with Crippen LogP contribution in [0.2, 0.25) is 0 Å². The fourth-order valence-electron chi connectivity index (χ4n) is 0. The van der Waals surface area contributed by atoms with Crippen LogP contribution in [0.4, 0.5) is 0 Å². The Balaban J connectivity index is 0. The van der Waals surface area contributed by atoms with Gasteiger partial charge < -0.3 is 21.9 Å². The molecule has 0 aromatic carbocycles. The number of hydrogen-bond acceptors (Lipinski definition) is 0. The van der Waals surface area contributed by atoms with E-state index in [0.29, 0.717) is 0 Å². The maximum atomic E-state index is 0. The smallest absolute Gasteiger partial charge is 0 e. The molecule has 0 aliphatic rings. The quantitative estimate of drug-likeness (QED) is 0.575. The van der Waals surface area contributed by atoms with Crippen LogP contribution in [0.5, 0.6) is 0 Å². The topological polar surface area (TPSA) is 114 Å². The van der Waals surface area contributed by atoms with Crippen molar-refractivity contribution in [2.75, 3.05) is 0 Å². The van der Waals surface area contributed by atoms with E-state index >= 15 is 0 Å². The molecular formula is O4U-8. The third-order valence-corrected chi connectivity index (χ3v) is 0. The van der Waals surface area contributed by atoms with Crippen molar-refractivity contribution < 1.29 is 53.0 Å². The van der Waals surface area contributed by atoms with E-state index in [-0.39, 0.29) is 53.0 Å². The Bertz CT molecular complexity index is 3.61. The minimum absolute atomic E-state index is 0. The second-order valence-corrected chi connectivity index (χ2v) is 0. The van der Waals surface area contributed by atoms with Crippen molar-refractivity contribution in [3.8, 4) is 0 Å². The zero-order chi connectivity index (χ0) is 0. The van der Waals surface area contributed by atoms with Crippen LogP contribution in [0.3, 0.4) is 0 Å². The molecule has 36 valence electrons. The van der Waals surface area contributed by atoms with E-state index in [2.05, 4.69) is 0 Å². The van der Waals surface area contributed by atoms with E-state index in [4.69, 9.17) is 0 Å². The number of hydrogen-bond donors (Lipinski definition) is 0. The maximum Gasteiger partial charge on any atom is 0 e. The second-order valence-electron chi connectivity index (χ2n) is 0. The van der Waals surface area contributed by atoms with Crippen LogP contribution in [0.25, 0.3) is 0 Å². The average molecular weight is 302 g/mol. The molecule has 0 saturated carbocycles. The van der Waals surface area contributed by atoms with Crippen LogP contribution in [0, 0.1) is 31.1 Å². The first kappa shape index (κ1) is 177. The monoisotopic (exact) mass is 302 g/mol. The minimum Gasteiger partial charge on any atom is -2.00 e. The molecule has 0 radical (unpaired) electrons. The summed E-state index contributed by atoms with van der Waals surface area (Å²) in [5, 5.41) is 0. The summed E-state index contributed by atoms with van der Waals surface area (Å²) in [6.07, 6.45) is 0. The predicted molar refractivity (Wildman–Crippen MR) is 2.75 cm³/mol. The van der Waals surface area contributed by atoms with Crippen LogP contribution < -0.4 is 0 Å². The van der Waals surface area contributed by atoms with Crippen LogP contribution >= 0.6 is 0 Å². The number of rotatable bonds is 0. The first-order chi connectivity index (χ1) is 0. The molecular weight excluding hydrogens is 302 g/mol. The fourth-order valence-corrected chi connectivity index (χ4v) is 0. The Hall–Kier alpha value is 0.892.